The van der Waals surface area contributed by atoms with Gasteiger partial charge < -0.3 is 26.4 Å². The third-order valence-corrected chi connectivity index (χ3v) is 3.26. The quantitative estimate of drug-likeness (QED) is 0.645. The van der Waals surface area contributed by atoms with E-state index >= 15 is 0 Å². The summed E-state index contributed by atoms with van der Waals surface area (Å²) >= 11 is 0. The highest BCUT2D eigenvalue weighted by atomic mass is 16.5. The molecule has 1 aromatic heterocycles. The molecular weight excluding hydrogens is 284 g/mol. The molecule has 0 spiro atoms. The van der Waals surface area contributed by atoms with Gasteiger partial charge in [0.2, 0.25) is 5.95 Å². The summed E-state index contributed by atoms with van der Waals surface area (Å²) < 4.78 is 5.18. The number of hydrogen-bond acceptors (Lipinski definition) is 7. The van der Waals surface area contributed by atoms with E-state index in [9.17, 15) is 10.2 Å². The summed E-state index contributed by atoms with van der Waals surface area (Å²) in [7, 11) is 1.48. The number of aliphatic hydroxyl groups is 1. The summed E-state index contributed by atoms with van der Waals surface area (Å²) in [4.78, 5) is 7.86. The number of aliphatic hydroxyl groups excluding tert-OH is 1. The van der Waals surface area contributed by atoms with Crippen molar-refractivity contribution < 1.29 is 14.9 Å². The molecule has 1 aromatic carbocycles. The molecule has 0 fully saturated rings. The molecule has 0 bridgehead atoms. The van der Waals surface area contributed by atoms with Crippen LogP contribution in [-0.2, 0) is 12.8 Å². The van der Waals surface area contributed by atoms with Crippen molar-refractivity contribution in [2.24, 2.45) is 0 Å². The molecule has 118 valence electrons. The fraction of sp³-hybridized carbons (Fsp3) is 0.333. The minimum absolute atomic E-state index is 0.0358. The van der Waals surface area contributed by atoms with Crippen molar-refractivity contribution >= 4 is 11.8 Å². The van der Waals surface area contributed by atoms with Gasteiger partial charge in [0.05, 0.1) is 13.2 Å². The Morgan fingerprint density at radius 3 is 2.59 bits per heavy atom. The van der Waals surface area contributed by atoms with Crippen LogP contribution in [-0.4, -0.2) is 33.4 Å². The molecule has 1 unspecified atom stereocenters. The Morgan fingerprint density at radius 2 is 2.00 bits per heavy atom. The van der Waals surface area contributed by atoms with Gasteiger partial charge in [-0.1, -0.05) is 6.07 Å². The second kappa shape index (κ2) is 6.48. The maximum Gasteiger partial charge on any atom is 0.221 e. The van der Waals surface area contributed by atoms with Crippen LogP contribution in [0.25, 0.3) is 0 Å². The Hall–Kier alpha value is -2.54. The zero-order valence-corrected chi connectivity index (χ0v) is 12.6. The van der Waals surface area contributed by atoms with Gasteiger partial charge >= 0.3 is 0 Å². The van der Waals surface area contributed by atoms with Gasteiger partial charge in [0, 0.05) is 30.2 Å². The second-order valence-corrected chi connectivity index (χ2v) is 5.17. The first-order valence-electron chi connectivity index (χ1n) is 6.84. The number of nitrogen functional groups attached to an aromatic ring is 2. The highest BCUT2D eigenvalue weighted by Gasteiger charge is 2.14. The predicted octanol–water partition coefficient (Wildman–Crippen LogP) is 0.869. The van der Waals surface area contributed by atoms with Crippen molar-refractivity contribution in [2.75, 3.05) is 18.6 Å². The van der Waals surface area contributed by atoms with Gasteiger partial charge in [0.15, 0.2) is 11.5 Å². The minimum Gasteiger partial charge on any atom is -0.504 e. The third-order valence-electron chi connectivity index (χ3n) is 3.26. The summed E-state index contributed by atoms with van der Waals surface area (Å²) in [6.45, 7) is 1.66. The largest absolute Gasteiger partial charge is 0.504 e. The SMILES string of the molecule is COc1cc(Cc2cnc(N)nc2N)cc(CC(C)O)c1O. The fourth-order valence-electron chi connectivity index (χ4n) is 2.25. The van der Waals surface area contributed by atoms with E-state index < -0.39 is 6.10 Å². The molecule has 2 rings (SSSR count). The third kappa shape index (κ3) is 3.56. The fourth-order valence-corrected chi connectivity index (χ4v) is 2.25. The molecule has 0 aliphatic heterocycles. The van der Waals surface area contributed by atoms with Gasteiger partial charge in [-0.3, -0.25) is 0 Å². The number of phenols is 1. The smallest absolute Gasteiger partial charge is 0.221 e. The maximum atomic E-state index is 10.1. The van der Waals surface area contributed by atoms with Crippen molar-refractivity contribution in [2.45, 2.75) is 25.9 Å². The van der Waals surface area contributed by atoms with Crippen LogP contribution in [0.3, 0.4) is 0 Å². The monoisotopic (exact) mass is 304 g/mol. The molecule has 0 amide bonds. The number of nitrogens with zero attached hydrogens (tertiary/aromatic N) is 2. The molecule has 0 aliphatic rings. The van der Waals surface area contributed by atoms with Crippen molar-refractivity contribution in [3.63, 3.8) is 0 Å². The summed E-state index contributed by atoms with van der Waals surface area (Å²) in [5, 5.41) is 19.7. The lowest BCUT2D eigenvalue weighted by molar-refractivity contribution is 0.194. The molecule has 7 nitrogen and oxygen atoms in total. The molecule has 0 saturated heterocycles. The molecule has 7 heteroatoms. The van der Waals surface area contributed by atoms with Crippen LogP contribution in [0.2, 0.25) is 0 Å². The van der Waals surface area contributed by atoms with E-state index in [4.69, 9.17) is 16.2 Å². The highest BCUT2D eigenvalue weighted by molar-refractivity contribution is 5.51. The highest BCUT2D eigenvalue weighted by Crippen LogP contribution is 2.33. The number of nitrogens with two attached hydrogens (primary N) is 2. The van der Waals surface area contributed by atoms with Crippen LogP contribution in [0.1, 0.15) is 23.6 Å². The number of rotatable bonds is 5. The summed E-state index contributed by atoms with van der Waals surface area (Å²) in [5.41, 5.74) is 13.5. The average Bonchev–Trinajstić information content (AvgIpc) is 2.44. The van der Waals surface area contributed by atoms with Gasteiger partial charge in [-0.2, -0.15) is 4.98 Å². The Kier molecular flexibility index (Phi) is 4.67. The zero-order valence-electron chi connectivity index (χ0n) is 12.6. The summed E-state index contributed by atoms with van der Waals surface area (Å²) in [6, 6.07) is 3.52. The zero-order chi connectivity index (χ0) is 16.3. The van der Waals surface area contributed by atoms with Gasteiger partial charge in [-0.05, 0) is 18.6 Å². The predicted molar refractivity (Wildman–Crippen MR) is 83.7 cm³/mol. The maximum absolute atomic E-state index is 10.1. The normalized spacial score (nSPS) is 12.1. The van der Waals surface area contributed by atoms with Crippen molar-refractivity contribution in [1.82, 2.24) is 9.97 Å². The van der Waals surface area contributed by atoms with Crippen LogP contribution in [0, 0.1) is 0 Å². The molecular formula is C15H20N4O3. The lowest BCUT2D eigenvalue weighted by Crippen LogP contribution is -2.07. The van der Waals surface area contributed by atoms with Gasteiger partial charge in [0.1, 0.15) is 5.82 Å². The van der Waals surface area contributed by atoms with Gasteiger partial charge in [-0.25, -0.2) is 4.98 Å². The van der Waals surface area contributed by atoms with Crippen LogP contribution >= 0.6 is 0 Å². The summed E-state index contributed by atoms with van der Waals surface area (Å²) in [6.07, 6.45) is 1.79. The molecule has 2 aromatic rings. The minimum atomic E-state index is -0.573. The number of benzene rings is 1. The van der Waals surface area contributed by atoms with Gasteiger partial charge in [0.25, 0.3) is 0 Å². The van der Waals surface area contributed by atoms with Gasteiger partial charge in [-0.15, -0.1) is 0 Å². The average molecular weight is 304 g/mol. The van der Waals surface area contributed by atoms with E-state index in [2.05, 4.69) is 9.97 Å². The van der Waals surface area contributed by atoms with E-state index in [1.165, 1.54) is 7.11 Å². The number of anilines is 2. The Labute approximate surface area is 128 Å². The van der Waals surface area contributed by atoms with Crippen LogP contribution in [0.15, 0.2) is 18.3 Å². The standard InChI is InChI=1S/C15H20N4O3/c1-8(20)3-10-4-9(6-12(22-2)13(10)21)5-11-7-18-15(17)19-14(11)16/h4,6-8,20-21H,3,5H2,1-2H3,(H4,16,17,18,19). The number of phenolic OH excluding ortho intramolecular Hbond substituents is 1. The summed E-state index contributed by atoms with van der Waals surface area (Å²) in [5.74, 6) is 0.827. The van der Waals surface area contributed by atoms with E-state index in [0.29, 0.717) is 30.0 Å². The lowest BCUT2D eigenvalue weighted by Gasteiger charge is -2.14. The van der Waals surface area contributed by atoms with Crippen LogP contribution in [0.4, 0.5) is 11.8 Å². The van der Waals surface area contributed by atoms with Crippen LogP contribution in [0.5, 0.6) is 11.5 Å². The first-order valence-corrected chi connectivity index (χ1v) is 6.84. The number of hydrogen-bond donors (Lipinski definition) is 4. The van der Waals surface area contributed by atoms with E-state index in [1.807, 2.05) is 0 Å². The molecule has 1 heterocycles. The first-order chi connectivity index (χ1) is 10.4. The molecule has 6 N–H and O–H groups in total. The Balaban J connectivity index is 2.37. The Bertz CT molecular complexity index is 674. The second-order valence-electron chi connectivity index (χ2n) is 5.17. The van der Waals surface area contributed by atoms with Crippen molar-refractivity contribution in [1.29, 1.82) is 0 Å². The lowest BCUT2D eigenvalue weighted by atomic mass is 9.99. The number of aromatic hydroxyl groups is 1. The Morgan fingerprint density at radius 1 is 1.27 bits per heavy atom. The molecule has 0 aliphatic carbocycles. The molecule has 0 saturated carbocycles. The topological polar surface area (TPSA) is 128 Å². The number of aromatic nitrogens is 2. The van der Waals surface area contributed by atoms with Crippen LogP contribution < -0.4 is 16.2 Å². The number of methoxy groups -OCH3 is 1. The van der Waals surface area contributed by atoms with Crippen molar-refractivity contribution in [3.8, 4) is 11.5 Å². The number of ether oxygens (including phenoxy) is 1. The van der Waals surface area contributed by atoms with E-state index in [0.717, 1.165) is 11.1 Å². The van der Waals surface area contributed by atoms with Crippen molar-refractivity contribution in [3.05, 3.63) is 35.0 Å². The first kappa shape index (κ1) is 15.8. The van der Waals surface area contributed by atoms with E-state index in [1.54, 1.807) is 25.3 Å². The van der Waals surface area contributed by atoms with E-state index in [-0.39, 0.29) is 11.7 Å². The molecule has 0 radical (unpaired) electrons. The molecule has 22 heavy (non-hydrogen) atoms. The molecule has 1 atom stereocenters.